The summed E-state index contributed by atoms with van der Waals surface area (Å²) in [4.78, 5) is 0. The van der Waals surface area contributed by atoms with Gasteiger partial charge < -0.3 is 5.32 Å². The van der Waals surface area contributed by atoms with Crippen molar-refractivity contribution >= 4 is 11.4 Å². The van der Waals surface area contributed by atoms with Crippen LogP contribution in [0.5, 0.6) is 0 Å². The summed E-state index contributed by atoms with van der Waals surface area (Å²) in [6.07, 6.45) is 0. The summed E-state index contributed by atoms with van der Waals surface area (Å²) in [6, 6.07) is 15.1. The maximum atomic E-state index is 3.47. The minimum atomic E-state index is 0.562. The Labute approximate surface area is 110 Å². The second-order valence-electron chi connectivity index (χ2n) is 5.20. The van der Waals surface area contributed by atoms with Crippen molar-refractivity contribution in [3.63, 3.8) is 0 Å². The highest BCUT2D eigenvalue weighted by molar-refractivity contribution is 5.61. The lowest BCUT2D eigenvalue weighted by Gasteiger charge is -2.11. The summed E-state index contributed by atoms with van der Waals surface area (Å²) in [5, 5.41) is 3.47. The molecule has 2 aromatic carbocycles. The van der Waals surface area contributed by atoms with E-state index in [1.54, 1.807) is 0 Å². The first-order valence-electron chi connectivity index (χ1n) is 6.50. The molecule has 0 saturated heterocycles. The Morgan fingerprint density at radius 3 is 2.22 bits per heavy atom. The number of hydrogen-bond donors (Lipinski definition) is 1. The van der Waals surface area contributed by atoms with E-state index in [0.717, 1.165) is 11.4 Å². The molecule has 1 heteroatoms. The van der Waals surface area contributed by atoms with E-state index in [1.807, 2.05) is 0 Å². The summed E-state index contributed by atoms with van der Waals surface area (Å²) in [7, 11) is 0. The zero-order chi connectivity index (χ0) is 13.1. The van der Waals surface area contributed by atoms with Gasteiger partial charge in [-0.25, -0.2) is 0 Å². The lowest BCUT2D eigenvalue weighted by Crippen LogP contribution is -1.94. The van der Waals surface area contributed by atoms with Crippen LogP contribution in [0.4, 0.5) is 11.4 Å². The third-order valence-corrected chi connectivity index (χ3v) is 3.35. The van der Waals surface area contributed by atoms with E-state index in [0.29, 0.717) is 5.92 Å². The molecule has 2 rings (SSSR count). The molecule has 0 radical (unpaired) electrons. The first-order chi connectivity index (χ1) is 8.56. The highest BCUT2D eigenvalue weighted by Gasteiger charge is 2.01. The molecule has 0 bridgehead atoms. The maximum absolute atomic E-state index is 3.47. The van der Waals surface area contributed by atoms with Gasteiger partial charge in [0.15, 0.2) is 0 Å². The predicted molar refractivity (Wildman–Crippen MR) is 79.7 cm³/mol. The fourth-order valence-corrected chi connectivity index (χ4v) is 1.96. The van der Waals surface area contributed by atoms with Crippen LogP contribution in [0.1, 0.15) is 36.5 Å². The van der Waals surface area contributed by atoms with Gasteiger partial charge in [0.2, 0.25) is 0 Å². The Bertz CT molecular complexity index is 541. The van der Waals surface area contributed by atoms with E-state index in [9.17, 15) is 0 Å². The molecular weight excluding hydrogens is 218 g/mol. The topological polar surface area (TPSA) is 12.0 Å². The van der Waals surface area contributed by atoms with Crippen LogP contribution in [-0.2, 0) is 0 Å². The molecule has 0 heterocycles. The Hall–Kier alpha value is -1.76. The van der Waals surface area contributed by atoms with Gasteiger partial charge in [-0.05, 0) is 60.7 Å². The lowest BCUT2D eigenvalue weighted by atomic mass is 10.0. The Kier molecular flexibility index (Phi) is 3.71. The average molecular weight is 239 g/mol. The molecule has 0 aliphatic rings. The molecule has 1 nitrogen and oxygen atoms in total. The molecule has 0 unspecified atom stereocenters. The minimum absolute atomic E-state index is 0.562. The van der Waals surface area contributed by atoms with Crippen molar-refractivity contribution in [2.75, 3.05) is 5.32 Å². The Morgan fingerprint density at radius 1 is 0.833 bits per heavy atom. The Balaban J connectivity index is 2.23. The van der Waals surface area contributed by atoms with Gasteiger partial charge in [0, 0.05) is 11.4 Å². The van der Waals surface area contributed by atoms with Gasteiger partial charge in [-0.1, -0.05) is 32.0 Å². The summed E-state index contributed by atoms with van der Waals surface area (Å²) in [5.41, 5.74) is 6.32. The van der Waals surface area contributed by atoms with Gasteiger partial charge in [-0.15, -0.1) is 0 Å². The van der Waals surface area contributed by atoms with E-state index in [4.69, 9.17) is 0 Å². The number of benzene rings is 2. The van der Waals surface area contributed by atoms with Crippen LogP contribution in [0.15, 0.2) is 42.5 Å². The average Bonchev–Trinajstić information content (AvgIpc) is 2.34. The van der Waals surface area contributed by atoms with Crippen molar-refractivity contribution in [3.05, 3.63) is 59.2 Å². The van der Waals surface area contributed by atoms with E-state index in [-0.39, 0.29) is 0 Å². The number of rotatable bonds is 3. The standard InChI is InChI=1S/C17H21N/c1-12(2)15-6-5-7-16(11-15)18-17-9-8-13(3)14(4)10-17/h5-12,18H,1-4H3. The van der Waals surface area contributed by atoms with Gasteiger partial charge >= 0.3 is 0 Å². The molecule has 0 aliphatic heterocycles. The third kappa shape index (κ3) is 2.92. The quantitative estimate of drug-likeness (QED) is 0.779. The molecule has 0 amide bonds. The van der Waals surface area contributed by atoms with Crippen LogP contribution in [0.25, 0.3) is 0 Å². The fraction of sp³-hybridized carbons (Fsp3) is 0.294. The molecule has 0 spiro atoms. The Morgan fingerprint density at radius 2 is 1.56 bits per heavy atom. The SMILES string of the molecule is Cc1ccc(Nc2cccc(C(C)C)c2)cc1C. The highest BCUT2D eigenvalue weighted by atomic mass is 14.9. The summed E-state index contributed by atoms with van der Waals surface area (Å²) < 4.78 is 0. The molecule has 0 aliphatic carbocycles. The van der Waals surface area contributed by atoms with Gasteiger partial charge in [0.25, 0.3) is 0 Å². The normalized spacial score (nSPS) is 10.7. The second-order valence-corrected chi connectivity index (χ2v) is 5.20. The van der Waals surface area contributed by atoms with Crippen LogP contribution in [0.3, 0.4) is 0 Å². The van der Waals surface area contributed by atoms with E-state index >= 15 is 0 Å². The van der Waals surface area contributed by atoms with Crippen molar-refractivity contribution in [1.82, 2.24) is 0 Å². The van der Waals surface area contributed by atoms with Crippen LogP contribution in [0, 0.1) is 13.8 Å². The fourth-order valence-electron chi connectivity index (χ4n) is 1.96. The lowest BCUT2D eigenvalue weighted by molar-refractivity contribution is 0.867. The van der Waals surface area contributed by atoms with Gasteiger partial charge in [0.05, 0.1) is 0 Å². The monoisotopic (exact) mass is 239 g/mol. The minimum Gasteiger partial charge on any atom is -0.356 e. The molecule has 0 saturated carbocycles. The van der Waals surface area contributed by atoms with Crippen molar-refractivity contribution in [3.8, 4) is 0 Å². The first-order valence-corrected chi connectivity index (χ1v) is 6.50. The number of nitrogens with one attached hydrogen (secondary N) is 1. The molecule has 0 fully saturated rings. The summed E-state index contributed by atoms with van der Waals surface area (Å²) in [5.74, 6) is 0.562. The largest absolute Gasteiger partial charge is 0.356 e. The van der Waals surface area contributed by atoms with E-state index < -0.39 is 0 Å². The third-order valence-electron chi connectivity index (χ3n) is 3.35. The molecule has 18 heavy (non-hydrogen) atoms. The zero-order valence-electron chi connectivity index (χ0n) is 11.6. The van der Waals surface area contributed by atoms with Crippen LogP contribution >= 0.6 is 0 Å². The molecule has 2 aromatic rings. The predicted octanol–water partition coefficient (Wildman–Crippen LogP) is 5.17. The molecular formula is C17H21N. The van der Waals surface area contributed by atoms with Crippen molar-refractivity contribution in [2.45, 2.75) is 33.6 Å². The maximum Gasteiger partial charge on any atom is 0.0387 e. The smallest absolute Gasteiger partial charge is 0.0387 e. The zero-order valence-corrected chi connectivity index (χ0v) is 11.6. The summed E-state index contributed by atoms with van der Waals surface area (Å²) in [6.45, 7) is 8.72. The summed E-state index contributed by atoms with van der Waals surface area (Å²) >= 11 is 0. The van der Waals surface area contributed by atoms with Gasteiger partial charge in [0.1, 0.15) is 0 Å². The van der Waals surface area contributed by atoms with E-state index in [1.165, 1.54) is 16.7 Å². The molecule has 0 atom stereocenters. The number of anilines is 2. The molecule has 1 N–H and O–H groups in total. The van der Waals surface area contributed by atoms with Crippen LogP contribution in [0.2, 0.25) is 0 Å². The molecule has 0 aromatic heterocycles. The van der Waals surface area contributed by atoms with Crippen LogP contribution < -0.4 is 5.32 Å². The number of aryl methyl sites for hydroxylation is 2. The first kappa shape index (κ1) is 12.7. The van der Waals surface area contributed by atoms with Crippen molar-refractivity contribution in [1.29, 1.82) is 0 Å². The molecule has 94 valence electrons. The second kappa shape index (κ2) is 5.26. The van der Waals surface area contributed by atoms with Crippen molar-refractivity contribution in [2.24, 2.45) is 0 Å². The van der Waals surface area contributed by atoms with E-state index in [2.05, 4.69) is 75.5 Å². The van der Waals surface area contributed by atoms with Crippen molar-refractivity contribution < 1.29 is 0 Å². The highest BCUT2D eigenvalue weighted by Crippen LogP contribution is 2.23. The van der Waals surface area contributed by atoms with Crippen LogP contribution in [-0.4, -0.2) is 0 Å². The van der Waals surface area contributed by atoms with Gasteiger partial charge in [-0.2, -0.15) is 0 Å². The van der Waals surface area contributed by atoms with Gasteiger partial charge in [-0.3, -0.25) is 0 Å². The number of hydrogen-bond acceptors (Lipinski definition) is 1.